The second kappa shape index (κ2) is 8.27. The Kier molecular flexibility index (Phi) is 5.83. The molecule has 0 unspecified atom stereocenters. The van der Waals surface area contributed by atoms with E-state index in [-0.39, 0.29) is 11.9 Å². The number of hydrogen-bond donors (Lipinski definition) is 2. The van der Waals surface area contributed by atoms with Crippen LogP contribution in [0.25, 0.3) is 11.3 Å². The van der Waals surface area contributed by atoms with E-state index < -0.39 is 0 Å². The standard InChI is InChI=1S/C20H20BrFN4/c1-3-13(2)23-20-25-18(14-7-5-4-6-8-14)12-19(26-20)24-15-9-10-16(21)17(22)11-15/h4-13H,3H2,1-2H3,(H2,23,24,25,26)/t13-/m1/s1. The third-order valence-electron chi connectivity index (χ3n) is 3.98. The summed E-state index contributed by atoms with van der Waals surface area (Å²) >= 11 is 3.17. The second-order valence-electron chi connectivity index (χ2n) is 6.04. The van der Waals surface area contributed by atoms with Crippen LogP contribution in [-0.4, -0.2) is 16.0 Å². The summed E-state index contributed by atoms with van der Waals surface area (Å²) in [4.78, 5) is 9.15. The largest absolute Gasteiger partial charge is 0.352 e. The summed E-state index contributed by atoms with van der Waals surface area (Å²) in [5.74, 6) is 0.817. The van der Waals surface area contributed by atoms with Crippen LogP contribution in [0.5, 0.6) is 0 Å². The van der Waals surface area contributed by atoms with E-state index in [1.54, 1.807) is 12.1 Å². The normalized spacial score (nSPS) is 11.8. The van der Waals surface area contributed by atoms with Gasteiger partial charge in [0.05, 0.1) is 10.2 Å². The number of benzene rings is 2. The first-order chi connectivity index (χ1) is 12.5. The predicted molar refractivity (Wildman–Crippen MR) is 108 cm³/mol. The Labute approximate surface area is 161 Å². The van der Waals surface area contributed by atoms with Gasteiger partial charge in [-0.1, -0.05) is 37.3 Å². The van der Waals surface area contributed by atoms with Crippen LogP contribution in [0.3, 0.4) is 0 Å². The summed E-state index contributed by atoms with van der Waals surface area (Å²) in [5, 5.41) is 6.47. The fourth-order valence-corrected chi connectivity index (χ4v) is 2.62. The molecular weight excluding hydrogens is 395 g/mol. The number of nitrogens with zero attached hydrogens (tertiary/aromatic N) is 2. The quantitative estimate of drug-likeness (QED) is 0.519. The maximum Gasteiger partial charge on any atom is 0.225 e. The molecule has 0 aliphatic heterocycles. The Morgan fingerprint density at radius 3 is 2.54 bits per heavy atom. The van der Waals surface area contributed by atoms with Crippen molar-refractivity contribution in [2.24, 2.45) is 0 Å². The molecule has 0 aliphatic carbocycles. The van der Waals surface area contributed by atoms with Gasteiger partial charge in [0.1, 0.15) is 11.6 Å². The van der Waals surface area contributed by atoms with E-state index in [1.165, 1.54) is 6.07 Å². The zero-order chi connectivity index (χ0) is 18.5. The molecule has 1 aromatic heterocycles. The monoisotopic (exact) mass is 414 g/mol. The van der Waals surface area contributed by atoms with E-state index >= 15 is 0 Å². The zero-order valence-corrected chi connectivity index (χ0v) is 16.2. The Hall–Kier alpha value is -2.47. The smallest absolute Gasteiger partial charge is 0.225 e. The third kappa shape index (κ3) is 4.58. The van der Waals surface area contributed by atoms with E-state index in [4.69, 9.17) is 0 Å². The molecule has 26 heavy (non-hydrogen) atoms. The lowest BCUT2D eigenvalue weighted by Crippen LogP contribution is -2.16. The van der Waals surface area contributed by atoms with Gasteiger partial charge in [-0.25, -0.2) is 9.37 Å². The maximum atomic E-state index is 13.8. The van der Waals surface area contributed by atoms with Crippen molar-refractivity contribution in [2.75, 3.05) is 10.6 Å². The van der Waals surface area contributed by atoms with Crippen LogP contribution in [0.1, 0.15) is 20.3 Å². The number of anilines is 3. The highest BCUT2D eigenvalue weighted by Gasteiger charge is 2.10. The van der Waals surface area contributed by atoms with Crippen LogP contribution in [0, 0.1) is 5.82 Å². The van der Waals surface area contributed by atoms with Gasteiger partial charge in [0.2, 0.25) is 5.95 Å². The number of hydrogen-bond acceptors (Lipinski definition) is 4. The van der Waals surface area contributed by atoms with Gasteiger partial charge in [0.25, 0.3) is 0 Å². The Balaban J connectivity index is 1.97. The van der Waals surface area contributed by atoms with Gasteiger partial charge in [-0.3, -0.25) is 0 Å². The summed E-state index contributed by atoms with van der Waals surface area (Å²) in [5.41, 5.74) is 2.41. The minimum Gasteiger partial charge on any atom is -0.352 e. The molecule has 1 atom stereocenters. The third-order valence-corrected chi connectivity index (χ3v) is 4.62. The van der Waals surface area contributed by atoms with E-state index in [1.807, 2.05) is 36.4 Å². The summed E-state index contributed by atoms with van der Waals surface area (Å²) in [6.07, 6.45) is 0.958. The molecule has 134 valence electrons. The fourth-order valence-electron chi connectivity index (χ4n) is 2.38. The molecule has 2 N–H and O–H groups in total. The van der Waals surface area contributed by atoms with Crippen LogP contribution in [-0.2, 0) is 0 Å². The number of nitrogens with one attached hydrogen (secondary N) is 2. The van der Waals surface area contributed by atoms with Gasteiger partial charge in [-0.2, -0.15) is 4.98 Å². The van der Waals surface area contributed by atoms with Crippen molar-refractivity contribution in [1.82, 2.24) is 9.97 Å². The molecule has 1 heterocycles. The Bertz CT molecular complexity index is 886. The minimum absolute atomic E-state index is 0.249. The second-order valence-corrected chi connectivity index (χ2v) is 6.89. The number of halogens is 2. The van der Waals surface area contributed by atoms with Crippen molar-refractivity contribution < 1.29 is 4.39 Å². The zero-order valence-electron chi connectivity index (χ0n) is 14.6. The van der Waals surface area contributed by atoms with Gasteiger partial charge >= 0.3 is 0 Å². The molecule has 4 nitrogen and oxygen atoms in total. The average molecular weight is 415 g/mol. The molecular formula is C20H20BrFN4. The van der Waals surface area contributed by atoms with Crippen LogP contribution in [0.2, 0.25) is 0 Å². The maximum absolute atomic E-state index is 13.8. The SMILES string of the molecule is CC[C@@H](C)Nc1nc(Nc2ccc(Br)c(F)c2)cc(-c2ccccc2)n1. The number of aromatic nitrogens is 2. The van der Waals surface area contributed by atoms with Crippen LogP contribution >= 0.6 is 15.9 Å². The molecule has 0 radical (unpaired) electrons. The molecule has 3 rings (SSSR count). The lowest BCUT2D eigenvalue weighted by atomic mass is 10.1. The summed E-state index contributed by atoms with van der Waals surface area (Å²) in [6.45, 7) is 4.18. The van der Waals surface area contributed by atoms with E-state index in [0.29, 0.717) is 21.9 Å². The van der Waals surface area contributed by atoms with Gasteiger partial charge in [-0.15, -0.1) is 0 Å². The van der Waals surface area contributed by atoms with E-state index in [0.717, 1.165) is 17.7 Å². The molecule has 0 amide bonds. The van der Waals surface area contributed by atoms with Crippen molar-refractivity contribution in [3.63, 3.8) is 0 Å². The Morgan fingerprint density at radius 1 is 1.08 bits per heavy atom. The average Bonchev–Trinajstić information content (AvgIpc) is 2.65. The van der Waals surface area contributed by atoms with E-state index in [9.17, 15) is 4.39 Å². The highest BCUT2D eigenvalue weighted by Crippen LogP contribution is 2.26. The van der Waals surface area contributed by atoms with E-state index in [2.05, 4.69) is 50.4 Å². The molecule has 0 spiro atoms. The number of rotatable bonds is 6. The molecule has 0 aliphatic rings. The lowest BCUT2D eigenvalue weighted by Gasteiger charge is -2.15. The van der Waals surface area contributed by atoms with Gasteiger partial charge in [-0.05, 0) is 47.5 Å². The van der Waals surface area contributed by atoms with Crippen LogP contribution < -0.4 is 10.6 Å². The predicted octanol–water partition coefficient (Wildman–Crippen LogP) is 6.00. The highest BCUT2D eigenvalue weighted by molar-refractivity contribution is 9.10. The molecule has 0 bridgehead atoms. The minimum atomic E-state index is -0.328. The topological polar surface area (TPSA) is 49.8 Å². The van der Waals surface area contributed by atoms with Crippen molar-refractivity contribution in [2.45, 2.75) is 26.3 Å². The lowest BCUT2D eigenvalue weighted by molar-refractivity contribution is 0.622. The van der Waals surface area contributed by atoms with Crippen molar-refractivity contribution in [1.29, 1.82) is 0 Å². The molecule has 0 fully saturated rings. The van der Waals surface area contributed by atoms with Crippen LogP contribution in [0.15, 0.2) is 59.1 Å². The molecule has 3 aromatic rings. The molecule has 2 aromatic carbocycles. The van der Waals surface area contributed by atoms with Gasteiger partial charge < -0.3 is 10.6 Å². The Morgan fingerprint density at radius 2 is 1.85 bits per heavy atom. The van der Waals surface area contributed by atoms with Gasteiger partial charge in [0.15, 0.2) is 0 Å². The summed E-state index contributed by atoms with van der Waals surface area (Å²) in [6, 6.07) is 16.9. The first-order valence-electron chi connectivity index (χ1n) is 8.48. The highest BCUT2D eigenvalue weighted by atomic mass is 79.9. The van der Waals surface area contributed by atoms with Gasteiger partial charge in [0, 0.05) is 23.4 Å². The van der Waals surface area contributed by atoms with Crippen molar-refractivity contribution >= 4 is 33.4 Å². The van der Waals surface area contributed by atoms with Crippen molar-refractivity contribution in [3.8, 4) is 11.3 Å². The van der Waals surface area contributed by atoms with Crippen LogP contribution in [0.4, 0.5) is 21.8 Å². The summed E-state index contributed by atoms with van der Waals surface area (Å²) in [7, 11) is 0. The molecule has 0 saturated heterocycles. The first kappa shape index (κ1) is 18.3. The summed E-state index contributed by atoms with van der Waals surface area (Å²) < 4.78 is 14.2. The van der Waals surface area contributed by atoms with Crippen molar-refractivity contribution in [3.05, 3.63) is 64.9 Å². The molecule has 6 heteroatoms. The first-order valence-corrected chi connectivity index (χ1v) is 9.27. The molecule has 0 saturated carbocycles. The fraction of sp³-hybridized carbons (Fsp3) is 0.200.